The van der Waals surface area contributed by atoms with Crippen LogP contribution in [-0.4, -0.2) is 7.11 Å². The smallest absolute Gasteiger partial charge is 0.130 e. The fraction of sp³-hybridized carbons (Fsp3) is 0.250. The van der Waals surface area contributed by atoms with Gasteiger partial charge in [-0.2, -0.15) is 0 Å². The molecule has 11 heavy (non-hydrogen) atoms. The van der Waals surface area contributed by atoms with Gasteiger partial charge in [0, 0.05) is 17.7 Å². The summed E-state index contributed by atoms with van der Waals surface area (Å²) in [5.41, 5.74) is 0.414. The van der Waals surface area contributed by atoms with Gasteiger partial charge in [0.2, 0.25) is 0 Å². The first-order valence-corrected chi connectivity index (χ1v) is 3.55. The molecule has 0 atom stereocenters. The molecule has 1 aromatic carbocycles. The molecule has 60 valence electrons. The van der Waals surface area contributed by atoms with Crippen molar-refractivity contribution in [3.8, 4) is 0 Å². The number of ether oxygens (including phenoxy) is 1. The molecule has 0 fully saturated rings. The zero-order valence-corrected chi connectivity index (χ0v) is 6.86. The fourth-order valence-corrected chi connectivity index (χ4v) is 1.03. The number of methoxy groups -OCH3 is 1. The summed E-state index contributed by atoms with van der Waals surface area (Å²) in [6, 6.07) is 4.57. The lowest BCUT2D eigenvalue weighted by Crippen LogP contribution is -1.92. The predicted octanol–water partition coefficient (Wildman–Crippen LogP) is 2.63. The average Bonchev–Trinajstić information content (AvgIpc) is 1.97. The highest BCUT2D eigenvalue weighted by Gasteiger charge is 2.04. The van der Waals surface area contributed by atoms with Crippen molar-refractivity contribution in [3.05, 3.63) is 34.6 Å². The van der Waals surface area contributed by atoms with E-state index in [9.17, 15) is 4.39 Å². The van der Waals surface area contributed by atoms with Gasteiger partial charge in [-0.15, -0.1) is 0 Å². The van der Waals surface area contributed by atoms with Crippen molar-refractivity contribution in [2.24, 2.45) is 0 Å². The molecule has 0 unspecified atom stereocenters. The highest BCUT2D eigenvalue weighted by atomic mass is 35.5. The van der Waals surface area contributed by atoms with Crippen molar-refractivity contribution >= 4 is 11.6 Å². The van der Waals surface area contributed by atoms with E-state index in [1.165, 1.54) is 13.2 Å². The van der Waals surface area contributed by atoms with E-state index in [1.54, 1.807) is 12.1 Å². The standard InChI is InChI=1S/C8H8ClFO/c1-11-5-6-7(9)3-2-4-8(6)10/h2-4H,5H2,1H3. The number of rotatable bonds is 2. The Balaban J connectivity index is 3.00. The molecule has 1 nitrogen and oxygen atoms in total. The molecule has 0 N–H and O–H groups in total. The first-order valence-electron chi connectivity index (χ1n) is 3.17. The van der Waals surface area contributed by atoms with Crippen LogP contribution in [0.4, 0.5) is 4.39 Å². The fourth-order valence-electron chi connectivity index (χ4n) is 0.815. The minimum Gasteiger partial charge on any atom is -0.380 e. The van der Waals surface area contributed by atoms with Crippen LogP contribution in [-0.2, 0) is 11.3 Å². The Morgan fingerprint density at radius 3 is 2.82 bits per heavy atom. The molecule has 0 spiro atoms. The Morgan fingerprint density at radius 2 is 2.27 bits per heavy atom. The third-order valence-corrected chi connectivity index (χ3v) is 1.70. The van der Waals surface area contributed by atoms with Crippen molar-refractivity contribution in [2.75, 3.05) is 7.11 Å². The van der Waals surface area contributed by atoms with Gasteiger partial charge in [0.15, 0.2) is 0 Å². The van der Waals surface area contributed by atoms with Gasteiger partial charge >= 0.3 is 0 Å². The van der Waals surface area contributed by atoms with Crippen LogP contribution in [0.3, 0.4) is 0 Å². The molecule has 0 aliphatic rings. The summed E-state index contributed by atoms with van der Waals surface area (Å²) >= 11 is 5.69. The number of hydrogen-bond acceptors (Lipinski definition) is 1. The second-order valence-electron chi connectivity index (χ2n) is 2.13. The number of halogens is 2. The summed E-state index contributed by atoms with van der Waals surface area (Å²) in [7, 11) is 1.50. The maximum Gasteiger partial charge on any atom is 0.130 e. The van der Waals surface area contributed by atoms with Crippen LogP contribution in [0.1, 0.15) is 5.56 Å². The molecule has 0 bridgehead atoms. The molecule has 3 heteroatoms. The zero-order chi connectivity index (χ0) is 8.27. The summed E-state index contributed by atoms with van der Waals surface area (Å²) < 4.78 is 17.6. The molecular weight excluding hydrogens is 167 g/mol. The van der Waals surface area contributed by atoms with Crippen molar-refractivity contribution in [2.45, 2.75) is 6.61 Å². The van der Waals surface area contributed by atoms with Crippen LogP contribution in [0.15, 0.2) is 18.2 Å². The summed E-state index contributed by atoms with van der Waals surface area (Å²) in [6.07, 6.45) is 0. The highest BCUT2D eigenvalue weighted by Crippen LogP contribution is 2.19. The molecular formula is C8H8ClFO. The summed E-state index contributed by atoms with van der Waals surface area (Å²) in [6.45, 7) is 0.214. The lowest BCUT2D eigenvalue weighted by atomic mass is 10.2. The van der Waals surface area contributed by atoms with Crippen LogP contribution >= 0.6 is 11.6 Å². The zero-order valence-electron chi connectivity index (χ0n) is 6.10. The Bertz CT molecular complexity index is 230. The molecule has 0 saturated carbocycles. The van der Waals surface area contributed by atoms with Crippen molar-refractivity contribution < 1.29 is 9.13 Å². The molecule has 1 rings (SSSR count). The molecule has 0 amide bonds. The lowest BCUT2D eigenvalue weighted by molar-refractivity contribution is 0.181. The van der Waals surface area contributed by atoms with Gasteiger partial charge in [-0.1, -0.05) is 17.7 Å². The Morgan fingerprint density at radius 1 is 1.55 bits per heavy atom. The van der Waals surface area contributed by atoms with Gasteiger partial charge in [0.25, 0.3) is 0 Å². The van der Waals surface area contributed by atoms with E-state index < -0.39 is 0 Å². The summed E-state index contributed by atoms with van der Waals surface area (Å²) in [5.74, 6) is -0.320. The van der Waals surface area contributed by atoms with Crippen LogP contribution in [0, 0.1) is 5.82 Å². The Kier molecular flexibility index (Phi) is 2.85. The van der Waals surface area contributed by atoms with E-state index in [4.69, 9.17) is 16.3 Å². The lowest BCUT2D eigenvalue weighted by Gasteiger charge is -2.02. The van der Waals surface area contributed by atoms with Crippen molar-refractivity contribution in [1.82, 2.24) is 0 Å². The second kappa shape index (κ2) is 3.69. The second-order valence-corrected chi connectivity index (χ2v) is 2.54. The molecule has 0 aliphatic carbocycles. The van der Waals surface area contributed by atoms with E-state index in [1.807, 2.05) is 0 Å². The largest absolute Gasteiger partial charge is 0.380 e. The van der Waals surface area contributed by atoms with E-state index in [0.29, 0.717) is 10.6 Å². The minimum atomic E-state index is -0.320. The van der Waals surface area contributed by atoms with Crippen LogP contribution in [0.2, 0.25) is 5.02 Å². The van der Waals surface area contributed by atoms with Crippen LogP contribution < -0.4 is 0 Å². The van der Waals surface area contributed by atoms with E-state index in [2.05, 4.69) is 0 Å². The van der Waals surface area contributed by atoms with Gasteiger partial charge in [-0.25, -0.2) is 4.39 Å². The Hall–Kier alpha value is -0.600. The maximum absolute atomic E-state index is 12.9. The predicted molar refractivity (Wildman–Crippen MR) is 42.1 cm³/mol. The van der Waals surface area contributed by atoms with E-state index in [-0.39, 0.29) is 12.4 Å². The quantitative estimate of drug-likeness (QED) is 0.670. The summed E-state index contributed by atoms with van der Waals surface area (Å²) in [5, 5.41) is 0.409. The monoisotopic (exact) mass is 174 g/mol. The normalized spacial score (nSPS) is 10.1. The van der Waals surface area contributed by atoms with Crippen molar-refractivity contribution in [1.29, 1.82) is 0 Å². The molecule has 0 saturated heterocycles. The summed E-state index contributed by atoms with van der Waals surface area (Å²) in [4.78, 5) is 0. The first-order chi connectivity index (χ1) is 5.25. The van der Waals surface area contributed by atoms with Gasteiger partial charge in [-0.05, 0) is 12.1 Å². The van der Waals surface area contributed by atoms with Gasteiger partial charge in [0.05, 0.1) is 6.61 Å². The van der Waals surface area contributed by atoms with E-state index >= 15 is 0 Å². The van der Waals surface area contributed by atoms with Gasteiger partial charge in [0.1, 0.15) is 5.82 Å². The van der Waals surface area contributed by atoms with Gasteiger partial charge < -0.3 is 4.74 Å². The molecule has 0 radical (unpaired) electrons. The molecule has 0 aromatic heterocycles. The third kappa shape index (κ3) is 1.91. The van der Waals surface area contributed by atoms with Gasteiger partial charge in [-0.3, -0.25) is 0 Å². The molecule has 0 aliphatic heterocycles. The number of hydrogen-bond donors (Lipinski definition) is 0. The molecule has 0 heterocycles. The van der Waals surface area contributed by atoms with Crippen LogP contribution in [0.25, 0.3) is 0 Å². The number of benzene rings is 1. The highest BCUT2D eigenvalue weighted by molar-refractivity contribution is 6.31. The Labute approximate surface area is 69.7 Å². The topological polar surface area (TPSA) is 9.23 Å². The molecule has 1 aromatic rings. The SMILES string of the molecule is COCc1c(F)cccc1Cl. The van der Waals surface area contributed by atoms with E-state index in [0.717, 1.165) is 0 Å². The average molecular weight is 175 g/mol. The maximum atomic E-state index is 12.9. The van der Waals surface area contributed by atoms with Crippen LogP contribution in [0.5, 0.6) is 0 Å². The first kappa shape index (κ1) is 8.50. The van der Waals surface area contributed by atoms with Crippen molar-refractivity contribution in [3.63, 3.8) is 0 Å². The minimum absolute atomic E-state index is 0.214. The third-order valence-electron chi connectivity index (χ3n) is 1.35.